The van der Waals surface area contributed by atoms with Gasteiger partial charge in [-0.15, -0.1) is 0 Å². The molecule has 0 N–H and O–H groups in total. The number of hydrogen-bond acceptors (Lipinski definition) is 2. The summed E-state index contributed by atoms with van der Waals surface area (Å²) in [6.07, 6.45) is 1.18. The number of ketones is 1. The van der Waals surface area contributed by atoms with Crippen LogP contribution in [0.2, 0.25) is 0 Å². The van der Waals surface area contributed by atoms with Gasteiger partial charge in [0.2, 0.25) is 5.78 Å². The minimum absolute atomic E-state index is 0.267. The molecule has 6 heteroatoms. The normalized spacial score (nSPS) is 11.4. The molecule has 2 nitrogen and oxygen atoms in total. The summed E-state index contributed by atoms with van der Waals surface area (Å²) in [7, 11) is 0. The molecule has 0 amide bonds. The van der Waals surface area contributed by atoms with Crippen molar-refractivity contribution in [3.63, 3.8) is 0 Å². The molecule has 98 valence electrons. The van der Waals surface area contributed by atoms with Gasteiger partial charge in [0.15, 0.2) is 0 Å². The molecule has 0 aliphatic carbocycles. The van der Waals surface area contributed by atoms with Crippen molar-refractivity contribution in [2.75, 3.05) is 0 Å². The molecule has 0 aliphatic heterocycles. The molecule has 0 saturated carbocycles. The van der Waals surface area contributed by atoms with Gasteiger partial charge in [-0.3, -0.25) is 9.78 Å². The second-order valence-corrected chi connectivity index (χ2v) is 4.69. The summed E-state index contributed by atoms with van der Waals surface area (Å²) in [5.74, 6) is -5.76. The van der Waals surface area contributed by atoms with Crippen LogP contribution in [0.4, 0.5) is 13.2 Å². The Hall–Kier alpha value is -1.69. The SMILES string of the molecule is O=C(c1ccc(F)cc1)C(F)(F)c1ccc(Br)cn1. The van der Waals surface area contributed by atoms with E-state index in [1.807, 2.05) is 0 Å². The zero-order chi connectivity index (χ0) is 14.0. The van der Waals surface area contributed by atoms with Crippen LogP contribution in [0.5, 0.6) is 0 Å². The van der Waals surface area contributed by atoms with E-state index in [0.717, 1.165) is 30.3 Å². The number of alkyl halides is 2. The zero-order valence-electron chi connectivity index (χ0n) is 9.41. The summed E-state index contributed by atoms with van der Waals surface area (Å²) in [5, 5.41) is 0. The molecule has 1 heterocycles. The van der Waals surface area contributed by atoms with E-state index < -0.39 is 23.2 Å². The van der Waals surface area contributed by atoms with E-state index in [-0.39, 0.29) is 5.56 Å². The van der Waals surface area contributed by atoms with Crippen LogP contribution in [0.15, 0.2) is 47.1 Å². The molecule has 0 saturated heterocycles. The number of Topliss-reactive ketones (excluding diaryl/α,β-unsaturated/α-hetero) is 1. The first-order valence-corrected chi connectivity index (χ1v) is 6.01. The molecule has 2 rings (SSSR count). The highest BCUT2D eigenvalue weighted by Crippen LogP contribution is 2.31. The van der Waals surface area contributed by atoms with Crippen molar-refractivity contribution in [2.45, 2.75) is 5.92 Å². The highest BCUT2D eigenvalue weighted by atomic mass is 79.9. The Morgan fingerprint density at radius 2 is 1.74 bits per heavy atom. The molecule has 0 radical (unpaired) electrons. The second kappa shape index (κ2) is 5.13. The van der Waals surface area contributed by atoms with Crippen LogP contribution in [0, 0.1) is 5.82 Å². The lowest BCUT2D eigenvalue weighted by atomic mass is 10.0. The number of aromatic nitrogens is 1. The summed E-state index contributed by atoms with van der Waals surface area (Å²) < 4.78 is 41.1. The Bertz CT molecular complexity index is 596. The summed E-state index contributed by atoms with van der Waals surface area (Å²) >= 11 is 3.07. The van der Waals surface area contributed by atoms with Crippen LogP contribution in [0.1, 0.15) is 16.1 Å². The maximum atomic E-state index is 13.9. The van der Waals surface area contributed by atoms with Crippen molar-refractivity contribution in [3.05, 3.63) is 64.1 Å². The van der Waals surface area contributed by atoms with E-state index in [4.69, 9.17) is 0 Å². The van der Waals surface area contributed by atoms with Crippen molar-refractivity contribution in [1.29, 1.82) is 0 Å². The first kappa shape index (κ1) is 13.7. The smallest absolute Gasteiger partial charge is 0.287 e. The highest BCUT2D eigenvalue weighted by Gasteiger charge is 2.42. The lowest BCUT2D eigenvalue weighted by Crippen LogP contribution is -2.27. The predicted molar refractivity (Wildman–Crippen MR) is 66.6 cm³/mol. The van der Waals surface area contributed by atoms with Crippen molar-refractivity contribution in [1.82, 2.24) is 4.98 Å². The fourth-order valence-electron chi connectivity index (χ4n) is 1.46. The monoisotopic (exact) mass is 329 g/mol. The van der Waals surface area contributed by atoms with E-state index in [1.54, 1.807) is 0 Å². The maximum Gasteiger partial charge on any atom is 0.351 e. The summed E-state index contributed by atoms with van der Waals surface area (Å²) in [6.45, 7) is 0. The summed E-state index contributed by atoms with van der Waals surface area (Å²) in [6, 6.07) is 6.38. The molecule has 0 aliphatic rings. The third-order valence-corrected chi connectivity index (χ3v) is 2.91. The number of carbonyl (C=O) groups excluding carboxylic acids is 1. The number of carbonyl (C=O) groups is 1. The van der Waals surface area contributed by atoms with E-state index in [1.165, 1.54) is 12.3 Å². The van der Waals surface area contributed by atoms with Crippen LogP contribution in [0.3, 0.4) is 0 Å². The molecule has 19 heavy (non-hydrogen) atoms. The summed E-state index contributed by atoms with van der Waals surface area (Å²) in [5.41, 5.74) is -0.916. The van der Waals surface area contributed by atoms with Gasteiger partial charge < -0.3 is 0 Å². The molecular weight excluding hydrogens is 323 g/mol. The zero-order valence-corrected chi connectivity index (χ0v) is 11.0. The minimum atomic E-state index is -3.75. The van der Waals surface area contributed by atoms with E-state index in [2.05, 4.69) is 20.9 Å². The Morgan fingerprint density at radius 3 is 2.26 bits per heavy atom. The molecule has 2 aromatic rings. The van der Waals surface area contributed by atoms with E-state index in [9.17, 15) is 18.0 Å². The lowest BCUT2D eigenvalue weighted by Gasteiger charge is -2.14. The highest BCUT2D eigenvalue weighted by molar-refractivity contribution is 9.10. The predicted octanol–water partition coefficient (Wildman–Crippen LogP) is 3.96. The minimum Gasteiger partial charge on any atom is -0.287 e. The summed E-state index contributed by atoms with van der Waals surface area (Å²) in [4.78, 5) is 15.3. The molecule has 0 atom stereocenters. The standard InChI is InChI=1S/C13H7BrF3NO/c14-9-3-6-11(18-7-9)13(16,17)12(19)8-1-4-10(15)5-2-8/h1-7H. The number of hydrogen-bond donors (Lipinski definition) is 0. The van der Waals surface area contributed by atoms with Crippen molar-refractivity contribution < 1.29 is 18.0 Å². The van der Waals surface area contributed by atoms with Gasteiger partial charge in [-0.05, 0) is 52.3 Å². The second-order valence-electron chi connectivity index (χ2n) is 3.77. The van der Waals surface area contributed by atoms with Crippen molar-refractivity contribution in [2.24, 2.45) is 0 Å². The molecule has 0 bridgehead atoms. The quantitative estimate of drug-likeness (QED) is 0.798. The van der Waals surface area contributed by atoms with Gasteiger partial charge in [0.25, 0.3) is 0 Å². The van der Waals surface area contributed by atoms with Crippen LogP contribution in [0.25, 0.3) is 0 Å². The van der Waals surface area contributed by atoms with Gasteiger partial charge in [0.1, 0.15) is 11.5 Å². The third-order valence-electron chi connectivity index (χ3n) is 2.44. The van der Waals surface area contributed by atoms with Crippen LogP contribution in [-0.4, -0.2) is 10.8 Å². The molecule has 0 spiro atoms. The first-order chi connectivity index (χ1) is 8.91. The van der Waals surface area contributed by atoms with Crippen LogP contribution < -0.4 is 0 Å². The van der Waals surface area contributed by atoms with E-state index >= 15 is 0 Å². The number of nitrogens with zero attached hydrogens (tertiary/aromatic N) is 1. The number of rotatable bonds is 3. The van der Waals surface area contributed by atoms with E-state index in [0.29, 0.717) is 4.47 Å². The fourth-order valence-corrected chi connectivity index (χ4v) is 1.69. The van der Waals surface area contributed by atoms with Gasteiger partial charge in [-0.2, -0.15) is 8.78 Å². The average molecular weight is 330 g/mol. The largest absolute Gasteiger partial charge is 0.351 e. The molecule has 0 unspecified atom stereocenters. The number of benzene rings is 1. The van der Waals surface area contributed by atoms with Crippen molar-refractivity contribution in [3.8, 4) is 0 Å². The van der Waals surface area contributed by atoms with Gasteiger partial charge in [0, 0.05) is 16.2 Å². The van der Waals surface area contributed by atoms with Crippen molar-refractivity contribution >= 4 is 21.7 Å². The Balaban J connectivity index is 2.35. The first-order valence-electron chi connectivity index (χ1n) is 5.21. The Morgan fingerprint density at radius 1 is 1.11 bits per heavy atom. The molecular formula is C13H7BrF3NO. The van der Waals surface area contributed by atoms with Gasteiger partial charge in [0.05, 0.1) is 0 Å². The number of pyridine rings is 1. The maximum absolute atomic E-state index is 13.9. The lowest BCUT2D eigenvalue weighted by molar-refractivity contribution is 0.00465. The van der Waals surface area contributed by atoms with Gasteiger partial charge in [-0.25, -0.2) is 4.39 Å². The van der Waals surface area contributed by atoms with Crippen LogP contribution >= 0.6 is 15.9 Å². The molecule has 0 fully saturated rings. The van der Waals surface area contributed by atoms with Crippen LogP contribution in [-0.2, 0) is 5.92 Å². The average Bonchev–Trinajstić information content (AvgIpc) is 2.39. The number of halogens is 4. The fraction of sp³-hybridized carbons (Fsp3) is 0.0769. The Labute approximate surface area is 115 Å². The molecule has 1 aromatic heterocycles. The van der Waals surface area contributed by atoms with Gasteiger partial charge >= 0.3 is 5.92 Å². The third kappa shape index (κ3) is 2.84. The molecule has 1 aromatic carbocycles. The van der Waals surface area contributed by atoms with Gasteiger partial charge in [-0.1, -0.05) is 0 Å². The topological polar surface area (TPSA) is 30.0 Å². The Kier molecular flexibility index (Phi) is 3.71.